The first kappa shape index (κ1) is 13.8. The first-order valence-electron chi connectivity index (χ1n) is 6.10. The highest BCUT2D eigenvalue weighted by molar-refractivity contribution is 7.98. The Morgan fingerprint density at radius 1 is 1.21 bits per heavy atom. The van der Waals surface area contributed by atoms with E-state index in [4.69, 9.17) is 5.73 Å². The van der Waals surface area contributed by atoms with Crippen LogP contribution < -0.4 is 5.73 Å². The number of anilines is 1. The van der Waals surface area contributed by atoms with Crippen LogP contribution in [-0.2, 0) is 12.2 Å². The number of rotatable bonds is 4. The monoisotopic (exact) mass is 277 g/mol. The van der Waals surface area contributed by atoms with Gasteiger partial charge in [-0.3, -0.25) is 0 Å². The lowest BCUT2D eigenvalue weighted by atomic mass is 10.2. The normalized spacial score (nSPS) is 10.7. The Morgan fingerprint density at radius 2 is 1.89 bits per heavy atom. The average molecular weight is 277 g/mol. The molecule has 0 saturated heterocycles. The molecule has 0 bridgehead atoms. The van der Waals surface area contributed by atoms with Crippen molar-refractivity contribution in [2.24, 2.45) is 0 Å². The standard InChI is InChI=1S/C14H16FN3S/c1-3-12-9(2)17-13(18-14(12)16)8-19-11-6-4-10(15)5-7-11/h4-7H,3,8H2,1-2H3,(H2,16,17,18). The highest BCUT2D eigenvalue weighted by Crippen LogP contribution is 2.23. The number of benzene rings is 1. The van der Waals surface area contributed by atoms with Gasteiger partial charge in [-0.05, 0) is 37.6 Å². The van der Waals surface area contributed by atoms with Crippen LogP contribution in [0.4, 0.5) is 10.2 Å². The first-order chi connectivity index (χ1) is 9.10. The molecule has 0 spiro atoms. The van der Waals surface area contributed by atoms with Crippen LogP contribution in [0.5, 0.6) is 0 Å². The molecule has 0 amide bonds. The van der Waals surface area contributed by atoms with Crippen molar-refractivity contribution in [3.8, 4) is 0 Å². The first-order valence-corrected chi connectivity index (χ1v) is 7.09. The Balaban J connectivity index is 2.09. The minimum Gasteiger partial charge on any atom is -0.383 e. The zero-order chi connectivity index (χ0) is 13.8. The molecule has 100 valence electrons. The quantitative estimate of drug-likeness (QED) is 0.871. The fourth-order valence-electron chi connectivity index (χ4n) is 1.86. The predicted molar refractivity (Wildman–Crippen MR) is 76.5 cm³/mol. The fraction of sp³-hybridized carbons (Fsp3) is 0.286. The number of halogens is 1. The lowest BCUT2D eigenvalue weighted by Crippen LogP contribution is -2.06. The smallest absolute Gasteiger partial charge is 0.141 e. The maximum absolute atomic E-state index is 12.8. The summed E-state index contributed by atoms with van der Waals surface area (Å²) in [5.74, 6) is 1.67. The van der Waals surface area contributed by atoms with Gasteiger partial charge in [0.1, 0.15) is 17.5 Å². The van der Waals surface area contributed by atoms with Crippen LogP contribution in [-0.4, -0.2) is 9.97 Å². The van der Waals surface area contributed by atoms with Gasteiger partial charge in [-0.25, -0.2) is 14.4 Å². The number of thioether (sulfide) groups is 1. The third-order valence-electron chi connectivity index (χ3n) is 2.83. The number of nitrogen functional groups attached to an aromatic ring is 1. The highest BCUT2D eigenvalue weighted by Gasteiger charge is 2.08. The highest BCUT2D eigenvalue weighted by atomic mass is 32.2. The van der Waals surface area contributed by atoms with Crippen LogP contribution >= 0.6 is 11.8 Å². The number of aryl methyl sites for hydroxylation is 1. The van der Waals surface area contributed by atoms with E-state index in [2.05, 4.69) is 9.97 Å². The minimum absolute atomic E-state index is 0.229. The van der Waals surface area contributed by atoms with Crippen molar-refractivity contribution in [1.82, 2.24) is 9.97 Å². The van der Waals surface area contributed by atoms with Gasteiger partial charge in [-0.15, -0.1) is 11.8 Å². The topological polar surface area (TPSA) is 51.8 Å². The van der Waals surface area contributed by atoms with E-state index in [1.54, 1.807) is 23.9 Å². The molecule has 2 rings (SSSR count). The summed E-state index contributed by atoms with van der Waals surface area (Å²) < 4.78 is 12.8. The van der Waals surface area contributed by atoms with E-state index >= 15 is 0 Å². The summed E-state index contributed by atoms with van der Waals surface area (Å²) in [6, 6.07) is 6.39. The molecule has 19 heavy (non-hydrogen) atoms. The molecule has 1 heterocycles. The fourth-order valence-corrected chi connectivity index (χ4v) is 2.61. The summed E-state index contributed by atoms with van der Waals surface area (Å²) in [7, 11) is 0. The van der Waals surface area contributed by atoms with Crippen molar-refractivity contribution in [3.63, 3.8) is 0 Å². The van der Waals surface area contributed by atoms with Gasteiger partial charge in [-0.2, -0.15) is 0 Å². The van der Waals surface area contributed by atoms with E-state index in [1.165, 1.54) is 12.1 Å². The van der Waals surface area contributed by atoms with E-state index in [0.717, 1.165) is 22.6 Å². The molecule has 3 nitrogen and oxygen atoms in total. The Morgan fingerprint density at radius 3 is 2.47 bits per heavy atom. The van der Waals surface area contributed by atoms with E-state index < -0.39 is 0 Å². The van der Waals surface area contributed by atoms with Crippen LogP contribution in [0.25, 0.3) is 0 Å². The van der Waals surface area contributed by atoms with Crippen molar-refractivity contribution >= 4 is 17.6 Å². The number of nitrogens with two attached hydrogens (primary N) is 1. The predicted octanol–water partition coefficient (Wildman–Crippen LogP) is 3.36. The Labute approximate surface area is 116 Å². The number of hydrogen-bond donors (Lipinski definition) is 1. The van der Waals surface area contributed by atoms with Gasteiger partial charge in [0.15, 0.2) is 0 Å². The number of nitrogens with zero attached hydrogens (tertiary/aromatic N) is 2. The lowest BCUT2D eigenvalue weighted by molar-refractivity contribution is 0.626. The van der Waals surface area contributed by atoms with Crippen molar-refractivity contribution in [2.75, 3.05) is 5.73 Å². The second-order valence-electron chi connectivity index (χ2n) is 4.19. The van der Waals surface area contributed by atoms with Crippen LogP contribution in [0, 0.1) is 12.7 Å². The summed E-state index contributed by atoms with van der Waals surface area (Å²) in [6.45, 7) is 3.98. The molecule has 0 atom stereocenters. The van der Waals surface area contributed by atoms with Gasteiger partial charge in [0, 0.05) is 16.2 Å². The summed E-state index contributed by atoms with van der Waals surface area (Å²) in [5, 5.41) is 0. The van der Waals surface area contributed by atoms with Crippen LogP contribution in [0.15, 0.2) is 29.2 Å². The van der Waals surface area contributed by atoms with Gasteiger partial charge in [0.25, 0.3) is 0 Å². The Kier molecular flexibility index (Phi) is 4.37. The van der Waals surface area contributed by atoms with Gasteiger partial charge < -0.3 is 5.73 Å². The van der Waals surface area contributed by atoms with Crippen LogP contribution in [0.1, 0.15) is 24.0 Å². The molecular weight excluding hydrogens is 261 g/mol. The average Bonchev–Trinajstić information content (AvgIpc) is 2.38. The minimum atomic E-state index is -0.229. The molecule has 0 aliphatic rings. The Bertz CT molecular complexity index is 546. The van der Waals surface area contributed by atoms with Gasteiger partial charge in [0.2, 0.25) is 0 Å². The molecule has 0 aliphatic heterocycles. The molecule has 5 heteroatoms. The molecule has 2 N–H and O–H groups in total. The molecule has 1 aromatic heterocycles. The van der Waals surface area contributed by atoms with Gasteiger partial charge in [0.05, 0.1) is 5.75 Å². The number of aromatic nitrogens is 2. The molecule has 0 fully saturated rings. The molecular formula is C14H16FN3S. The van der Waals surface area contributed by atoms with Crippen molar-refractivity contribution < 1.29 is 4.39 Å². The molecule has 0 saturated carbocycles. The maximum atomic E-state index is 12.8. The lowest BCUT2D eigenvalue weighted by Gasteiger charge is -2.08. The second kappa shape index (κ2) is 6.02. The second-order valence-corrected chi connectivity index (χ2v) is 5.23. The van der Waals surface area contributed by atoms with E-state index in [-0.39, 0.29) is 5.82 Å². The van der Waals surface area contributed by atoms with Crippen LogP contribution in [0.3, 0.4) is 0 Å². The van der Waals surface area contributed by atoms with Crippen molar-refractivity contribution in [2.45, 2.75) is 30.9 Å². The van der Waals surface area contributed by atoms with Crippen molar-refractivity contribution in [3.05, 3.63) is 47.2 Å². The molecule has 0 radical (unpaired) electrons. The molecule has 0 unspecified atom stereocenters. The molecule has 1 aromatic carbocycles. The summed E-state index contributed by atoms with van der Waals surface area (Å²) in [4.78, 5) is 9.75. The van der Waals surface area contributed by atoms with E-state index in [9.17, 15) is 4.39 Å². The third kappa shape index (κ3) is 3.44. The van der Waals surface area contributed by atoms with Gasteiger partial charge in [-0.1, -0.05) is 6.92 Å². The van der Waals surface area contributed by atoms with Crippen molar-refractivity contribution in [1.29, 1.82) is 0 Å². The zero-order valence-electron chi connectivity index (χ0n) is 11.0. The number of hydrogen-bond acceptors (Lipinski definition) is 4. The summed E-state index contributed by atoms with van der Waals surface area (Å²) >= 11 is 1.57. The van der Waals surface area contributed by atoms with E-state index in [1.807, 2.05) is 13.8 Å². The zero-order valence-corrected chi connectivity index (χ0v) is 11.8. The Hall–Kier alpha value is -1.62. The van der Waals surface area contributed by atoms with E-state index in [0.29, 0.717) is 17.4 Å². The SMILES string of the molecule is CCc1c(C)nc(CSc2ccc(F)cc2)nc1N. The van der Waals surface area contributed by atoms with Gasteiger partial charge >= 0.3 is 0 Å². The largest absolute Gasteiger partial charge is 0.383 e. The third-order valence-corrected chi connectivity index (χ3v) is 3.84. The van der Waals surface area contributed by atoms with Crippen LogP contribution in [0.2, 0.25) is 0 Å². The summed E-state index contributed by atoms with van der Waals surface area (Å²) in [5.41, 5.74) is 7.86. The molecule has 0 aliphatic carbocycles. The molecule has 2 aromatic rings. The maximum Gasteiger partial charge on any atom is 0.141 e. The summed E-state index contributed by atoms with van der Waals surface area (Å²) in [6.07, 6.45) is 0.836.